The van der Waals surface area contributed by atoms with Crippen LogP contribution in [0.2, 0.25) is 0 Å². The zero-order chi connectivity index (χ0) is 13.1. The summed E-state index contributed by atoms with van der Waals surface area (Å²) in [6.07, 6.45) is 1.80. The quantitative estimate of drug-likeness (QED) is 0.855. The molecule has 1 aliphatic carbocycles. The molecule has 1 aliphatic rings. The van der Waals surface area contributed by atoms with Crippen LogP contribution >= 0.6 is 11.3 Å². The van der Waals surface area contributed by atoms with Crippen molar-refractivity contribution in [3.63, 3.8) is 0 Å². The molecule has 0 unspecified atom stereocenters. The van der Waals surface area contributed by atoms with E-state index in [1.54, 1.807) is 11.3 Å². The first-order valence-electron chi connectivity index (χ1n) is 5.87. The maximum atomic E-state index is 11.9. The van der Waals surface area contributed by atoms with Crippen LogP contribution in [-0.2, 0) is 11.3 Å². The van der Waals surface area contributed by atoms with Crippen molar-refractivity contribution >= 4 is 23.3 Å². The number of urea groups is 1. The zero-order valence-corrected chi connectivity index (χ0v) is 11.0. The summed E-state index contributed by atoms with van der Waals surface area (Å²) in [4.78, 5) is 25.2. The van der Waals surface area contributed by atoms with Gasteiger partial charge >= 0.3 is 12.0 Å². The number of thiophene rings is 1. The van der Waals surface area contributed by atoms with Crippen molar-refractivity contribution in [1.82, 2.24) is 10.2 Å². The number of carboxylic acids is 1. The van der Waals surface area contributed by atoms with E-state index in [1.807, 2.05) is 18.4 Å². The molecule has 0 radical (unpaired) electrons. The summed E-state index contributed by atoms with van der Waals surface area (Å²) >= 11 is 1.59. The lowest BCUT2D eigenvalue weighted by Crippen LogP contribution is -2.43. The molecule has 2 amide bonds. The second-order valence-corrected chi connectivity index (χ2v) is 5.44. The molecule has 1 fully saturated rings. The first-order chi connectivity index (χ1) is 8.58. The summed E-state index contributed by atoms with van der Waals surface area (Å²) < 4.78 is 0. The summed E-state index contributed by atoms with van der Waals surface area (Å²) in [7, 11) is 0. The van der Waals surface area contributed by atoms with Gasteiger partial charge in [0.2, 0.25) is 0 Å². The number of carbonyl (C=O) groups is 2. The Morgan fingerprint density at radius 2 is 2.28 bits per heavy atom. The minimum Gasteiger partial charge on any atom is -0.480 e. The maximum Gasteiger partial charge on any atom is 0.323 e. The molecule has 1 saturated carbocycles. The molecule has 0 atom stereocenters. The number of nitrogens with zero attached hydrogens (tertiary/aromatic N) is 1. The van der Waals surface area contributed by atoms with Crippen LogP contribution in [-0.4, -0.2) is 34.6 Å². The van der Waals surface area contributed by atoms with Gasteiger partial charge in [-0.3, -0.25) is 4.79 Å². The average molecular weight is 268 g/mol. The fourth-order valence-electron chi connectivity index (χ4n) is 1.74. The number of hydrogen-bond acceptors (Lipinski definition) is 3. The topological polar surface area (TPSA) is 69.6 Å². The monoisotopic (exact) mass is 268 g/mol. The number of rotatable bonds is 5. The first-order valence-corrected chi connectivity index (χ1v) is 6.75. The van der Waals surface area contributed by atoms with E-state index in [-0.39, 0.29) is 18.6 Å². The Bertz CT molecular complexity index is 454. The molecule has 1 aromatic heterocycles. The average Bonchev–Trinajstić information content (AvgIpc) is 3.07. The Kier molecular flexibility index (Phi) is 3.86. The number of amides is 2. The van der Waals surface area contributed by atoms with Crippen LogP contribution in [0.5, 0.6) is 0 Å². The van der Waals surface area contributed by atoms with Crippen LogP contribution in [0, 0.1) is 6.92 Å². The van der Waals surface area contributed by atoms with E-state index in [4.69, 9.17) is 5.11 Å². The van der Waals surface area contributed by atoms with E-state index in [0.717, 1.165) is 23.3 Å². The largest absolute Gasteiger partial charge is 0.480 e. The maximum absolute atomic E-state index is 11.9. The number of aliphatic carboxylic acids is 1. The number of carboxylic acid groups (broad SMARTS) is 1. The van der Waals surface area contributed by atoms with Gasteiger partial charge < -0.3 is 15.3 Å². The summed E-state index contributed by atoms with van der Waals surface area (Å²) in [5, 5.41) is 13.6. The third-order valence-corrected chi connectivity index (χ3v) is 3.95. The molecule has 0 aliphatic heterocycles. The molecule has 18 heavy (non-hydrogen) atoms. The molecule has 0 saturated heterocycles. The second-order valence-electron chi connectivity index (χ2n) is 4.44. The van der Waals surface area contributed by atoms with Gasteiger partial charge in [-0.15, -0.1) is 11.3 Å². The summed E-state index contributed by atoms with van der Waals surface area (Å²) in [5.74, 6) is -0.968. The minimum absolute atomic E-state index is 0.102. The highest BCUT2D eigenvalue weighted by Crippen LogP contribution is 2.26. The highest BCUT2D eigenvalue weighted by atomic mass is 32.1. The predicted octanol–water partition coefficient (Wildman–Crippen LogP) is 1.82. The van der Waals surface area contributed by atoms with Crippen LogP contribution in [0.25, 0.3) is 0 Å². The summed E-state index contributed by atoms with van der Waals surface area (Å²) in [6, 6.07) is 1.82. The molecule has 1 aromatic rings. The Hall–Kier alpha value is -1.56. The van der Waals surface area contributed by atoms with Crippen molar-refractivity contribution in [3.8, 4) is 0 Å². The van der Waals surface area contributed by atoms with E-state index >= 15 is 0 Å². The molecule has 5 nitrogen and oxygen atoms in total. The van der Waals surface area contributed by atoms with Crippen molar-refractivity contribution in [2.75, 3.05) is 6.54 Å². The molecule has 1 heterocycles. The SMILES string of the molecule is Cc1ccsc1CNC(=O)N(CC(=O)O)C1CC1. The number of nitrogens with one attached hydrogen (secondary N) is 1. The van der Waals surface area contributed by atoms with Gasteiger partial charge in [0.25, 0.3) is 0 Å². The summed E-state index contributed by atoms with van der Waals surface area (Å²) in [5.41, 5.74) is 1.15. The molecular weight excluding hydrogens is 252 g/mol. The molecule has 6 heteroatoms. The number of aryl methyl sites for hydroxylation is 1. The smallest absolute Gasteiger partial charge is 0.323 e. The normalized spacial score (nSPS) is 14.3. The lowest BCUT2D eigenvalue weighted by Gasteiger charge is -2.20. The lowest BCUT2D eigenvalue weighted by atomic mass is 10.3. The van der Waals surface area contributed by atoms with E-state index in [0.29, 0.717) is 6.54 Å². The van der Waals surface area contributed by atoms with Gasteiger partial charge in [-0.1, -0.05) is 0 Å². The Morgan fingerprint density at radius 3 is 2.78 bits per heavy atom. The fourth-order valence-corrected chi connectivity index (χ4v) is 2.59. The van der Waals surface area contributed by atoms with E-state index in [1.165, 1.54) is 4.90 Å². The van der Waals surface area contributed by atoms with Gasteiger partial charge in [0.05, 0.1) is 6.54 Å². The van der Waals surface area contributed by atoms with E-state index < -0.39 is 5.97 Å². The fraction of sp³-hybridized carbons (Fsp3) is 0.500. The van der Waals surface area contributed by atoms with Gasteiger partial charge in [-0.05, 0) is 36.8 Å². The zero-order valence-electron chi connectivity index (χ0n) is 10.2. The van der Waals surface area contributed by atoms with Crippen molar-refractivity contribution in [3.05, 3.63) is 21.9 Å². The Morgan fingerprint density at radius 1 is 1.56 bits per heavy atom. The molecule has 0 aromatic carbocycles. The van der Waals surface area contributed by atoms with Crippen LogP contribution in [0.1, 0.15) is 23.3 Å². The van der Waals surface area contributed by atoms with Gasteiger partial charge in [0.1, 0.15) is 6.54 Å². The third kappa shape index (κ3) is 3.22. The second kappa shape index (κ2) is 5.39. The Labute approximate surface area is 109 Å². The van der Waals surface area contributed by atoms with Crippen LogP contribution in [0.3, 0.4) is 0 Å². The van der Waals surface area contributed by atoms with Crippen LogP contribution in [0.4, 0.5) is 4.79 Å². The van der Waals surface area contributed by atoms with Crippen molar-refractivity contribution in [1.29, 1.82) is 0 Å². The predicted molar refractivity (Wildman–Crippen MR) is 68.7 cm³/mol. The number of carbonyl (C=O) groups excluding carboxylic acids is 1. The van der Waals surface area contributed by atoms with Gasteiger partial charge in [-0.2, -0.15) is 0 Å². The molecule has 2 rings (SSSR count). The summed E-state index contributed by atoms with van der Waals surface area (Å²) in [6.45, 7) is 2.24. The van der Waals surface area contributed by atoms with Gasteiger partial charge in [-0.25, -0.2) is 4.79 Å². The molecule has 98 valence electrons. The van der Waals surface area contributed by atoms with Gasteiger partial charge in [0.15, 0.2) is 0 Å². The first kappa shape index (κ1) is 12.9. The standard InChI is InChI=1S/C12H16N2O3S/c1-8-4-5-18-10(8)6-13-12(17)14(7-11(15)16)9-2-3-9/h4-5,9H,2-3,6-7H2,1H3,(H,13,17)(H,15,16). The highest BCUT2D eigenvalue weighted by molar-refractivity contribution is 7.10. The molecule has 2 N–H and O–H groups in total. The lowest BCUT2D eigenvalue weighted by molar-refractivity contribution is -0.137. The third-order valence-electron chi connectivity index (χ3n) is 2.92. The number of hydrogen-bond donors (Lipinski definition) is 2. The molecule has 0 bridgehead atoms. The van der Waals surface area contributed by atoms with Crippen molar-refractivity contribution in [2.45, 2.75) is 32.4 Å². The van der Waals surface area contributed by atoms with Crippen LogP contribution < -0.4 is 5.32 Å². The molecular formula is C12H16N2O3S. The van der Waals surface area contributed by atoms with E-state index in [2.05, 4.69) is 5.32 Å². The minimum atomic E-state index is -0.968. The van der Waals surface area contributed by atoms with E-state index in [9.17, 15) is 9.59 Å². The highest BCUT2D eigenvalue weighted by Gasteiger charge is 2.33. The van der Waals surface area contributed by atoms with Crippen molar-refractivity contribution in [2.24, 2.45) is 0 Å². The van der Waals surface area contributed by atoms with Crippen molar-refractivity contribution < 1.29 is 14.7 Å². The Balaban J connectivity index is 1.89. The van der Waals surface area contributed by atoms with Gasteiger partial charge in [0, 0.05) is 10.9 Å². The molecule has 0 spiro atoms. The van der Waals surface area contributed by atoms with Crippen LogP contribution in [0.15, 0.2) is 11.4 Å².